The summed E-state index contributed by atoms with van der Waals surface area (Å²) in [5, 5.41) is 5.24. The lowest BCUT2D eigenvalue weighted by Gasteiger charge is -2.21. The van der Waals surface area contributed by atoms with Gasteiger partial charge in [-0.2, -0.15) is 5.10 Å². The van der Waals surface area contributed by atoms with Crippen LogP contribution in [0.4, 0.5) is 0 Å². The number of thiophene rings is 1. The van der Waals surface area contributed by atoms with Crippen LogP contribution in [-0.2, 0) is 13.6 Å². The van der Waals surface area contributed by atoms with Gasteiger partial charge in [-0.25, -0.2) is 4.98 Å². The second-order valence-corrected chi connectivity index (χ2v) is 7.54. The Morgan fingerprint density at radius 3 is 2.75 bits per heavy atom. The molecule has 0 fully saturated rings. The zero-order valence-electron chi connectivity index (χ0n) is 14.1. The average Bonchev–Trinajstić information content (AvgIpc) is 3.07. The number of aryl methyl sites for hydroxylation is 3. The lowest BCUT2D eigenvalue weighted by Crippen LogP contribution is -2.30. The van der Waals surface area contributed by atoms with E-state index < -0.39 is 0 Å². The molecule has 24 heavy (non-hydrogen) atoms. The molecule has 126 valence electrons. The third-order valence-electron chi connectivity index (χ3n) is 3.97. The minimum atomic E-state index is -0.00591. The van der Waals surface area contributed by atoms with Crippen molar-refractivity contribution in [3.05, 3.63) is 44.4 Å². The monoisotopic (exact) mass is 362 g/mol. The number of pyridine rings is 1. The Balaban J connectivity index is 2.03. The molecule has 0 radical (unpaired) electrons. The number of hydrogen-bond acceptors (Lipinski definition) is 4. The smallest absolute Gasteiger partial charge is 0.255 e. The van der Waals surface area contributed by atoms with Crippen LogP contribution in [0, 0.1) is 13.8 Å². The van der Waals surface area contributed by atoms with E-state index in [-0.39, 0.29) is 5.91 Å². The summed E-state index contributed by atoms with van der Waals surface area (Å²) < 4.78 is 2.46. The maximum Gasteiger partial charge on any atom is 0.255 e. The van der Waals surface area contributed by atoms with Crippen molar-refractivity contribution < 1.29 is 4.79 Å². The highest BCUT2D eigenvalue weighted by Crippen LogP contribution is 2.26. The topological polar surface area (TPSA) is 51.0 Å². The third kappa shape index (κ3) is 3.03. The Labute approximate surface area is 149 Å². The predicted octanol–water partition coefficient (Wildman–Crippen LogP) is 3.96. The molecule has 3 aromatic rings. The molecule has 1 amide bonds. The van der Waals surface area contributed by atoms with E-state index in [0.29, 0.717) is 18.7 Å². The highest BCUT2D eigenvalue weighted by molar-refractivity contribution is 7.16. The van der Waals surface area contributed by atoms with Gasteiger partial charge in [0, 0.05) is 24.2 Å². The molecule has 0 saturated carbocycles. The molecule has 0 atom stereocenters. The SMILES string of the molecule is CCN(Cc1ccc(Cl)s1)C(=O)c1cc(C)nc2c1c(C)nn2C. The van der Waals surface area contributed by atoms with Gasteiger partial charge in [0.25, 0.3) is 5.91 Å². The summed E-state index contributed by atoms with van der Waals surface area (Å²) in [5.74, 6) is -0.00591. The van der Waals surface area contributed by atoms with Gasteiger partial charge in [-0.15, -0.1) is 11.3 Å². The number of carbonyl (C=O) groups excluding carboxylic acids is 1. The fourth-order valence-corrected chi connectivity index (χ4v) is 3.96. The van der Waals surface area contributed by atoms with Crippen molar-refractivity contribution in [1.82, 2.24) is 19.7 Å². The van der Waals surface area contributed by atoms with Gasteiger partial charge >= 0.3 is 0 Å². The van der Waals surface area contributed by atoms with Crippen LogP contribution >= 0.6 is 22.9 Å². The second-order valence-electron chi connectivity index (χ2n) is 5.74. The Bertz CT molecular complexity index is 915. The molecular weight excluding hydrogens is 344 g/mol. The molecule has 0 saturated heterocycles. The standard InChI is InChI=1S/C17H19ClN4OS/c1-5-22(9-12-6-7-14(18)24-12)17(23)13-8-10(2)19-16-15(13)11(3)20-21(16)4/h6-8H,5,9H2,1-4H3. The fraction of sp³-hybridized carbons (Fsp3) is 0.353. The van der Waals surface area contributed by atoms with Gasteiger partial charge in [-0.1, -0.05) is 11.6 Å². The first-order chi connectivity index (χ1) is 11.4. The molecule has 0 spiro atoms. The number of hydrogen-bond donors (Lipinski definition) is 0. The summed E-state index contributed by atoms with van der Waals surface area (Å²) in [5.41, 5.74) is 3.03. The first-order valence-corrected chi connectivity index (χ1v) is 8.94. The summed E-state index contributed by atoms with van der Waals surface area (Å²) in [7, 11) is 1.85. The van der Waals surface area contributed by atoms with Crippen LogP contribution in [0.15, 0.2) is 18.2 Å². The van der Waals surface area contributed by atoms with Crippen molar-refractivity contribution in [1.29, 1.82) is 0 Å². The van der Waals surface area contributed by atoms with Gasteiger partial charge in [-0.05, 0) is 39.0 Å². The Morgan fingerprint density at radius 2 is 2.12 bits per heavy atom. The molecule has 3 rings (SSSR count). The molecule has 0 aliphatic heterocycles. The fourth-order valence-electron chi connectivity index (χ4n) is 2.86. The maximum atomic E-state index is 13.1. The van der Waals surface area contributed by atoms with E-state index in [9.17, 15) is 4.79 Å². The number of carbonyl (C=O) groups is 1. The number of halogens is 1. The average molecular weight is 363 g/mol. The van der Waals surface area contributed by atoms with E-state index in [1.165, 1.54) is 11.3 Å². The molecule has 0 N–H and O–H groups in total. The van der Waals surface area contributed by atoms with Crippen molar-refractivity contribution in [3.63, 3.8) is 0 Å². The van der Waals surface area contributed by atoms with Gasteiger partial charge in [0.05, 0.1) is 27.5 Å². The normalized spacial score (nSPS) is 11.2. The van der Waals surface area contributed by atoms with Crippen molar-refractivity contribution in [2.75, 3.05) is 6.54 Å². The highest BCUT2D eigenvalue weighted by atomic mass is 35.5. The maximum absolute atomic E-state index is 13.1. The third-order valence-corrected chi connectivity index (χ3v) is 5.19. The van der Waals surface area contributed by atoms with E-state index in [0.717, 1.165) is 31.6 Å². The van der Waals surface area contributed by atoms with E-state index in [2.05, 4.69) is 10.1 Å². The minimum absolute atomic E-state index is 0.00591. The lowest BCUT2D eigenvalue weighted by molar-refractivity contribution is 0.0756. The van der Waals surface area contributed by atoms with Gasteiger partial charge in [0.2, 0.25) is 0 Å². The number of amides is 1. The Morgan fingerprint density at radius 1 is 1.38 bits per heavy atom. The first-order valence-electron chi connectivity index (χ1n) is 7.75. The van der Waals surface area contributed by atoms with Crippen LogP contribution in [0.25, 0.3) is 11.0 Å². The first kappa shape index (κ1) is 16.9. The van der Waals surface area contributed by atoms with Gasteiger partial charge in [0.15, 0.2) is 5.65 Å². The zero-order valence-corrected chi connectivity index (χ0v) is 15.7. The molecule has 0 aliphatic rings. The van der Waals surface area contributed by atoms with E-state index in [1.807, 2.05) is 50.9 Å². The van der Waals surface area contributed by atoms with Crippen LogP contribution in [0.2, 0.25) is 4.34 Å². The van der Waals surface area contributed by atoms with E-state index >= 15 is 0 Å². The number of aromatic nitrogens is 3. The Hall–Kier alpha value is -1.92. The molecule has 0 aliphatic carbocycles. The van der Waals surface area contributed by atoms with E-state index in [1.54, 1.807) is 4.68 Å². The van der Waals surface area contributed by atoms with Crippen LogP contribution in [0.1, 0.15) is 33.5 Å². The lowest BCUT2D eigenvalue weighted by atomic mass is 10.1. The molecule has 0 aromatic carbocycles. The summed E-state index contributed by atoms with van der Waals surface area (Å²) in [4.78, 5) is 20.6. The van der Waals surface area contributed by atoms with E-state index in [4.69, 9.17) is 11.6 Å². The molecular formula is C17H19ClN4OS. The molecule has 0 unspecified atom stereocenters. The van der Waals surface area contributed by atoms with Crippen molar-refractivity contribution in [2.45, 2.75) is 27.3 Å². The van der Waals surface area contributed by atoms with Gasteiger partial charge in [0.1, 0.15) is 0 Å². The summed E-state index contributed by atoms with van der Waals surface area (Å²) in [6.07, 6.45) is 0. The zero-order chi connectivity index (χ0) is 17.4. The number of rotatable bonds is 4. The highest BCUT2D eigenvalue weighted by Gasteiger charge is 2.22. The number of nitrogens with zero attached hydrogens (tertiary/aromatic N) is 4. The minimum Gasteiger partial charge on any atom is -0.334 e. The van der Waals surface area contributed by atoms with Crippen molar-refractivity contribution in [2.24, 2.45) is 7.05 Å². The quantitative estimate of drug-likeness (QED) is 0.705. The van der Waals surface area contributed by atoms with Crippen LogP contribution in [-0.4, -0.2) is 32.1 Å². The van der Waals surface area contributed by atoms with Crippen LogP contribution in [0.3, 0.4) is 0 Å². The largest absolute Gasteiger partial charge is 0.334 e. The second kappa shape index (κ2) is 6.53. The van der Waals surface area contributed by atoms with Crippen LogP contribution < -0.4 is 0 Å². The molecule has 0 bridgehead atoms. The number of fused-ring (bicyclic) bond motifs is 1. The summed E-state index contributed by atoms with van der Waals surface area (Å²) in [6.45, 7) is 6.96. The molecule has 3 aromatic heterocycles. The molecule has 5 nitrogen and oxygen atoms in total. The van der Waals surface area contributed by atoms with Crippen molar-refractivity contribution in [3.8, 4) is 0 Å². The van der Waals surface area contributed by atoms with Crippen LogP contribution in [0.5, 0.6) is 0 Å². The summed E-state index contributed by atoms with van der Waals surface area (Å²) in [6, 6.07) is 5.68. The predicted molar refractivity (Wildman–Crippen MR) is 97.7 cm³/mol. The van der Waals surface area contributed by atoms with Gasteiger partial charge in [-0.3, -0.25) is 9.48 Å². The van der Waals surface area contributed by atoms with Crippen molar-refractivity contribution >= 4 is 39.9 Å². The van der Waals surface area contributed by atoms with Gasteiger partial charge < -0.3 is 4.90 Å². The molecule has 7 heteroatoms. The molecule has 3 heterocycles. The Kier molecular flexibility index (Phi) is 4.60. The summed E-state index contributed by atoms with van der Waals surface area (Å²) >= 11 is 7.50.